The predicted octanol–water partition coefficient (Wildman–Crippen LogP) is 2.28. The lowest BCUT2D eigenvalue weighted by molar-refractivity contribution is 0.0696. The first-order chi connectivity index (χ1) is 8.06. The number of hydrogen-bond donors (Lipinski definition) is 2. The van der Waals surface area contributed by atoms with Gasteiger partial charge in [0, 0.05) is 10.6 Å². The molecule has 1 aromatic heterocycles. The summed E-state index contributed by atoms with van der Waals surface area (Å²) in [6.45, 7) is 1.80. The lowest BCUT2D eigenvalue weighted by Crippen LogP contribution is -1.98. The number of rotatable bonds is 3. The zero-order valence-corrected chi connectivity index (χ0v) is 10.5. The monoisotopic (exact) mass is 267 g/mol. The maximum atomic E-state index is 10.8. The summed E-state index contributed by atoms with van der Waals surface area (Å²) in [5.74, 6) is -0.272. The van der Waals surface area contributed by atoms with Crippen LogP contribution in [0.3, 0.4) is 0 Å². The molecule has 0 aliphatic carbocycles. The summed E-state index contributed by atoms with van der Waals surface area (Å²) in [6, 6.07) is 4.60. The third-order valence-electron chi connectivity index (χ3n) is 1.97. The van der Waals surface area contributed by atoms with Gasteiger partial charge in [-0.1, -0.05) is 11.8 Å². The van der Waals surface area contributed by atoms with Crippen LogP contribution in [0, 0.1) is 6.92 Å². The number of nitrogen functional groups attached to an aromatic ring is 1. The van der Waals surface area contributed by atoms with Gasteiger partial charge in [-0.25, -0.2) is 9.78 Å². The number of carbonyl (C=O) groups is 1. The van der Waals surface area contributed by atoms with Crippen molar-refractivity contribution in [3.05, 3.63) is 29.6 Å². The molecule has 2 rings (SSSR count). The van der Waals surface area contributed by atoms with Gasteiger partial charge in [0.25, 0.3) is 0 Å². The van der Waals surface area contributed by atoms with E-state index in [1.807, 2.05) is 0 Å². The van der Waals surface area contributed by atoms with Gasteiger partial charge in [-0.05, 0) is 36.7 Å². The van der Waals surface area contributed by atoms with E-state index in [1.54, 1.807) is 19.1 Å². The lowest BCUT2D eigenvalue weighted by Gasteiger charge is -2.03. The predicted molar refractivity (Wildman–Crippen MR) is 66.6 cm³/mol. The Kier molecular flexibility index (Phi) is 3.30. The van der Waals surface area contributed by atoms with Crippen molar-refractivity contribution in [2.45, 2.75) is 16.2 Å². The molecule has 0 spiro atoms. The molecule has 1 aromatic carbocycles. The summed E-state index contributed by atoms with van der Waals surface area (Å²) >= 11 is 2.59. The molecular formula is C10H9N3O2S2. The van der Waals surface area contributed by atoms with E-state index in [4.69, 9.17) is 10.8 Å². The maximum Gasteiger partial charge on any atom is 0.335 e. The Hall–Kier alpha value is -1.60. The van der Waals surface area contributed by atoms with E-state index in [0.717, 1.165) is 4.34 Å². The third kappa shape index (κ3) is 2.75. The number of hydrogen-bond acceptors (Lipinski definition) is 6. The summed E-state index contributed by atoms with van der Waals surface area (Å²) in [7, 11) is 0. The number of anilines is 1. The van der Waals surface area contributed by atoms with Crippen molar-refractivity contribution in [3.63, 3.8) is 0 Å². The summed E-state index contributed by atoms with van der Waals surface area (Å²) in [4.78, 5) is 15.7. The second-order valence-corrected chi connectivity index (χ2v) is 5.31. The Balaban J connectivity index is 2.31. The number of carboxylic acid groups (broad SMARTS) is 1. The van der Waals surface area contributed by atoms with Crippen LogP contribution in [0.4, 0.5) is 5.69 Å². The number of benzene rings is 1. The van der Waals surface area contributed by atoms with Crippen LogP contribution < -0.4 is 5.73 Å². The summed E-state index contributed by atoms with van der Waals surface area (Å²) in [5, 5.41) is 8.89. The smallest absolute Gasteiger partial charge is 0.335 e. The molecule has 88 valence electrons. The van der Waals surface area contributed by atoms with E-state index in [9.17, 15) is 4.79 Å². The van der Waals surface area contributed by atoms with Crippen molar-refractivity contribution in [1.29, 1.82) is 0 Å². The van der Waals surface area contributed by atoms with Crippen molar-refractivity contribution in [3.8, 4) is 0 Å². The largest absolute Gasteiger partial charge is 0.478 e. The maximum absolute atomic E-state index is 10.8. The summed E-state index contributed by atoms with van der Waals surface area (Å²) in [6.07, 6.45) is 0. The van der Waals surface area contributed by atoms with Crippen molar-refractivity contribution >= 4 is 35.0 Å². The fraction of sp³-hybridized carbons (Fsp3) is 0.100. The fourth-order valence-corrected chi connectivity index (χ4v) is 2.86. The topological polar surface area (TPSA) is 89.1 Å². The second kappa shape index (κ2) is 4.72. The third-order valence-corrected chi connectivity index (χ3v) is 3.88. The molecule has 5 nitrogen and oxygen atoms in total. The van der Waals surface area contributed by atoms with Crippen LogP contribution in [0.1, 0.15) is 16.2 Å². The Morgan fingerprint density at radius 1 is 1.53 bits per heavy atom. The first kappa shape index (κ1) is 11.9. The minimum Gasteiger partial charge on any atom is -0.478 e. The highest BCUT2D eigenvalue weighted by molar-refractivity contribution is 8.01. The molecule has 0 amide bonds. The molecular weight excluding hydrogens is 258 g/mol. The van der Waals surface area contributed by atoms with Crippen molar-refractivity contribution in [1.82, 2.24) is 9.36 Å². The van der Waals surface area contributed by atoms with Crippen LogP contribution in [-0.2, 0) is 0 Å². The second-order valence-electron chi connectivity index (χ2n) is 3.27. The molecule has 1 heterocycles. The standard InChI is InChI=1S/C10H9N3O2S2/c1-5-12-10(17-13-5)16-8-4-6(9(14)15)2-3-7(8)11/h2-4H,11H2,1H3,(H,14,15). The number of aryl methyl sites for hydroxylation is 1. The molecule has 0 aliphatic heterocycles. The molecule has 0 saturated heterocycles. The van der Waals surface area contributed by atoms with Crippen LogP contribution in [0.5, 0.6) is 0 Å². The molecule has 2 aromatic rings. The first-order valence-electron chi connectivity index (χ1n) is 4.67. The average Bonchev–Trinajstić information content (AvgIpc) is 2.67. The molecule has 17 heavy (non-hydrogen) atoms. The van der Waals surface area contributed by atoms with Gasteiger partial charge in [-0.2, -0.15) is 4.37 Å². The van der Waals surface area contributed by atoms with Gasteiger partial charge in [0.2, 0.25) is 0 Å². The SMILES string of the molecule is Cc1nsc(Sc2cc(C(=O)O)ccc2N)n1. The number of aromatic nitrogens is 2. The van der Waals surface area contributed by atoms with E-state index >= 15 is 0 Å². The zero-order valence-electron chi connectivity index (χ0n) is 8.88. The van der Waals surface area contributed by atoms with Crippen LogP contribution in [0.2, 0.25) is 0 Å². The molecule has 0 fully saturated rings. The molecule has 0 aliphatic rings. The normalized spacial score (nSPS) is 10.4. The van der Waals surface area contributed by atoms with Gasteiger partial charge in [-0.3, -0.25) is 0 Å². The van der Waals surface area contributed by atoms with E-state index in [2.05, 4.69) is 9.36 Å². The first-order valence-corrected chi connectivity index (χ1v) is 6.26. The van der Waals surface area contributed by atoms with Gasteiger partial charge >= 0.3 is 5.97 Å². The average molecular weight is 267 g/mol. The number of nitrogens with zero attached hydrogens (tertiary/aromatic N) is 2. The van der Waals surface area contributed by atoms with Gasteiger partial charge < -0.3 is 10.8 Å². The number of aromatic carboxylic acids is 1. The lowest BCUT2D eigenvalue weighted by atomic mass is 10.2. The Labute approximate surface area is 106 Å². The molecule has 0 atom stereocenters. The van der Waals surface area contributed by atoms with Crippen LogP contribution >= 0.6 is 23.3 Å². The Bertz CT molecular complexity index is 568. The van der Waals surface area contributed by atoms with Crippen molar-refractivity contribution < 1.29 is 9.90 Å². The highest BCUT2D eigenvalue weighted by Crippen LogP contribution is 2.33. The van der Waals surface area contributed by atoms with Crippen molar-refractivity contribution in [2.24, 2.45) is 0 Å². The molecule has 0 saturated carbocycles. The van der Waals surface area contributed by atoms with Crippen LogP contribution in [-0.4, -0.2) is 20.4 Å². The van der Waals surface area contributed by atoms with Gasteiger partial charge in [-0.15, -0.1) is 0 Å². The minimum atomic E-state index is -0.972. The Morgan fingerprint density at radius 3 is 2.88 bits per heavy atom. The fourth-order valence-electron chi connectivity index (χ4n) is 1.17. The zero-order chi connectivity index (χ0) is 12.4. The van der Waals surface area contributed by atoms with Gasteiger partial charge in [0.05, 0.1) is 5.56 Å². The van der Waals surface area contributed by atoms with E-state index in [1.165, 1.54) is 29.4 Å². The van der Waals surface area contributed by atoms with E-state index in [0.29, 0.717) is 16.4 Å². The van der Waals surface area contributed by atoms with Gasteiger partial charge in [0.1, 0.15) is 5.82 Å². The summed E-state index contributed by atoms with van der Waals surface area (Å²) < 4.78 is 4.80. The highest BCUT2D eigenvalue weighted by Gasteiger charge is 2.10. The van der Waals surface area contributed by atoms with E-state index in [-0.39, 0.29) is 5.56 Å². The molecule has 7 heteroatoms. The van der Waals surface area contributed by atoms with Crippen LogP contribution in [0.15, 0.2) is 27.4 Å². The molecule has 0 bridgehead atoms. The van der Waals surface area contributed by atoms with Gasteiger partial charge in [0.15, 0.2) is 4.34 Å². The molecule has 3 N–H and O–H groups in total. The van der Waals surface area contributed by atoms with Crippen LogP contribution in [0.25, 0.3) is 0 Å². The Morgan fingerprint density at radius 2 is 2.29 bits per heavy atom. The highest BCUT2D eigenvalue weighted by atomic mass is 32.2. The quantitative estimate of drug-likeness (QED) is 0.829. The number of nitrogens with two attached hydrogens (primary N) is 1. The number of carboxylic acids is 1. The molecule has 0 radical (unpaired) electrons. The minimum absolute atomic E-state index is 0.211. The van der Waals surface area contributed by atoms with Crippen molar-refractivity contribution in [2.75, 3.05) is 5.73 Å². The van der Waals surface area contributed by atoms with E-state index < -0.39 is 5.97 Å². The molecule has 0 unspecified atom stereocenters. The summed E-state index contributed by atoms with van der Waals surface area (Å²) in [5.41, 5.74) is 6.53.